The topological polar surface area (TPSA) is 40.7 Å². The number of aromatic amines is 1. The fourth-order valence-corrected chi connectivity index (χ4v) is 2.91. The molecule has 19 heavy (non-hydrogen) atoms. The fraction of sp³-hybridized carbons (Fsp3) is 0.188. The second-order valence-corrected chi connectivity index (χ2v) is 5.00. The number of aromatic nitrogens is 2. The summed E-state index contributed by atoms with van der Waals surface area (Å²) < 4.78 is 0. The minimum Gasteiger partial charge on any atom is -0.345 e. The van der Waals surface area contributed by atoms with E-state index in [9.17, 15) is 0 Å². The van der Waals surface area contributed by atoms with E-state index in [0.717, 1.165) is 30.5 Å². The SMILES string of the molecule is c1cc2c(c(-c3ccc4nc[nH]c4c3)c1)CCNC2. The van der Waals surface area contributed by atoms with Gasteiger partial charge in [-0.15, -0.1) is 0 Å². The molecule has 4 rings (SSSR count). The van der Waals surface area contributed by atoms with E-state index in [-0.39, 0.29) is 0 Å². The molecule has 0 saturated carbocycles. The van der Waals surface area contributed by atoms with Crippen LogP contribution in [0.1, 0.15) is 11.1 Å². The first-order valence-electron chi connectivity index (χ1n) is 6.67. The lowest BCUT2D eigenvalue weighted by Gasteiger charge is -2.20. The van der Waals surface area contributed by atoms with Gasteiger partial charge in [-0.2, -0.15) is 0 Å². The lowest BCUT2D eigenvalue weighted by molar-refractivity contribution is 0.645. The van der Waals surface area contributed by atoms with Crippen LogP contribution < -0.4 is 5.32 Å². The third-order valence-electron chi connectivity index (χ3n) is 3.87. The van der Waals surface area contributed by atoms with Gasteiger partial charge < -0.3 is 10.3 Å². The molecule has 3 aromatic rings. The minimum absolute atomic E-state index is 0.982. The van der Waals surface area contributed by atoms with Crippen molar-refractivity contribution in [3.63, 3.8) is 0 Å². The molecular weight excluding hydrogens is 234 g/mol. The van der Waals surface area contributed by atoms with Crippen molar-refractivity contribution in [2.75, 3.05) is 6.54 Å². The summed E-state index contributed by atoms with van der Waals surface area (Å²) in [5.74, 6) is 0. The molecular formula is C16H15N3. The Morgan fingerprint density at radius 3 is 3.11 bits per heavy atom. The van der Waals surface area contributed by atoms with E-state index in [1.165, 1.54) is 22.3 Å². The molecule has 0 amide bonds. The number of hydrogen-bond acceptors (Lipinski definition) is 2. The first-order chi connectivity index (χ1) is 9.42. The van der Waals surface area contributed by atoms with Crippen LogP contribution in [0.2, 0.25) is 0 Å². The molecule has 94 valence electrons. The molecule has 0 bridgehead atoms. The summed E-state index contributed by atoms with van der Waals surface area (Å²) in [5.41, 5.74) is 7.67. The van der Waals surface area contributed by atoms with Gasteiger partial charge in [-0.25, -0.2) is 4.98 Å². The van der Waals surface area contributed by atoms with E-state index in [1.54, 1.807) is 6.33 Å². The summed E-state index contributed by atoms with van der Waals surface area (Å²) in [6.07, 6.45) is 2.85. The zero-order valence-corrected chi connectivity index (χ0v) is 10.6. The van der Waals surface area contributed by atoms with Gasteiger partial charge in [-0.3, -0.25) is 0 Å². The second kappa shape index (κ2) is 4.21. The highest BCUT2D eigenvalue weighted by atomic mass is 14.9. The Kier molecular flexibility index (Phi) is 2.38. The molecule has 0 atom stereocenters. The van der Waals surface area contributed by atoms with Crippen LogP contribution in [0.15, 0.2) is 42.7 Å². The van der Waals surface area contributed by atoms with E-state index < -0.39 is 0 Å². The predicted octanol–water partition coefficient (Wildman–Crippen LogP) is 2.88. The fourth-order valence-electron chi connectivity index (χ4n) is 2.91. The van der Waals surface area contributed by atoms with Crippen molar-refractivity contribution in [3.05, 3.63) is 53.9 Å². The highest BCUT2D eigenvalue weighted by Crippen LogP contribution is 2.29. The van der Waals surface area contributed by atoms with Gasteiger partial charge in [-0.05, 0) is 47.4 Å². The predicted molar refractivity (Wildman–Crippen MR) is 76.9 cm³/mol. The standard InChI is InChI=1S/C16H15N3/c1-2-12-9-17-7-6-14(12)13(3-1)11-4-5-15-16(8-11)19-10-18-15/h1-5,8,10,17H,6-7,9H2,(H,18,19). The number of benzene rings is 2. The first kappa shape index (κ1) is 10.8. The highest BCUT2D eigenvalue weighted by molar-refractivity contribution is 5.82. The van der Waals surface area contributed by atoms with Crippen molar-refractivity contribution in [2.45, 2.75) is 13.0 Å². The van der Waals surface area contributed by atoms with E-state index in [0.29, 0.717) is 0 Å². The van der Waals surface area contributed by atoms with Crippen LogP contribution >= 0.6 is 0 Å². The Morgan fingerprint density at radius 1 is 1.11 bits per heavy atom. The third kappa shape index (κ3) is 1.74. The van der Waals surface area contributed by atoms with E-state index in [2.05, 4.69) is 51.7 Å². The van der Waals surface area contributed by atoms with Gasteiger partial charge in [0.1, 0.15) is 0 Å². The molecule has 2 aromatic carbocycles. The summed E-state index contributed by atoms with van der Waals surface area (Å²) in [6.45, 7) is 2.05. The van der Waals surface area contributed by atoms with Crippen LogP contribution in [0.3, 0.4) is 0 Å². The third-order valence-corrected chi connectivity index (χ3v) is 3.87. The molecule has 0 spiro atoms. The summed E-state index contributed by atoms with van der Waals surface area (Å²) in [7, 11) is 0. The smallest absolute Gasteiger partial charge is 0.0931 e. The summed E-state index contributed by atoms with van der Waals surface area (Å²) in [5, 5.41) is 3.43. The molecule has 2 N–H and O–H groups in total. The van der Waals surface area contributed by atoms with E-state index in [4.69, 9.17) is 0 Å². The Hall–Kier alpha value is -2.13. The van der Waals surface area contributed by atoms with Gasteiger partial charge in [0, 0.05) is 6.54 Å². The monoisotopic (exact) mass is 249 g/mol. The maximum absolute atomic E-state index is 4.28. The van der Waals surface area contributed by atoms with E-state index in [1.807, 2.05) is 0 Å². The molecule has 0 unspecified atom stereocenters. The molecule has 1 aliphatic rings. The van der Waals surface area contributed by atoms with Gasteiger partial charge in [0.15, 0.2) is 0 Å². The van der Waals surface area contributed by atoms with Gasteiger partial charge in [0.25, 0.3) is 0 Å². The average molecular weight is 249 g/mol. The number of rotatable bonds is 1. The molecule has 1 aromatic heterocycles. The van der Waals surface area contributed by atoms with Crippen molar-refractivity contribution >= 4 is 11.0 Å². The van der Waals surface area contributed by atoms with Crippen molar-refractivity contribution in [1.29, 1.82) is 0 Å². The van der Waals surface area contributed by atoms with Crippen LogP contribution in [0.5, 0.6) is 0 Å². The Labute approximate surface area is 111 Å². The van der Waals surface area contributed by atoms with Crippen molar-refractivity contribution in [1.82, 2.24) is 15.3 Å². The number of hydrogen-bond donors (Lipinski definition) is 2. The van der Waals surface area contributed by atoms with Crippen LogP contribution in [0, 0.1) is 0 Å². The molecule has 2 heterocycles. The van der Waals surface area contributed by atoms with Crippen LogP contribution in [0.25, 0.3) is 22.2 Å². The zero-order chi connectivity index (χ0) is 12.7. The van der Waals surface area contributed by atoms with Crippen molar-refractivity contribution < 1.29 is 0 Å². The number of H-pyrrole nitrogens is 1. The Balaban J connectivity index is 1.91. The lowest BCUT2D eigenvalue weighted by Crippen LogP contribution is -2.23. The molecule has 1 aliphatic heterocycles. The molecule has 3 heteroatoms. The van der Waals surface area contributed by atoms with Gasteiger partial charge >= 0.3 is 0 Å². The van der Waals surface area contributed by atoms with Crippen molar-refractivity contribution in [3.8, 4) is 11.1 Å². The maximum atomic E-state index is 4.28. The normalized spacial score (nSPS) is 14.5. The lowest BCUT2D eigenvalue weighted by atomic mass is 9.91. The Bertz CT molecular complexity index is 743. The van der Waals surface area contributed by atoms with Gasteiger partial charge in [-0.1, -0.05) is 24.3 Å². The molecule has 0 aliphatic carbocycles. The Morgan fingerprint density at radius 2 is 2.11 bits per heavy atom. The minimum atomic E-state index is 0.982. The highest BCUT2D eigenvalue weighted by Gasteiger charge is 2.13. The largest absolute Gasteiger partial charge is 0.345 e. The number of nitrogens with one attached hydrogen (secondary N) is 2. The van der Waals surface area contributed by atoms with Crippen molar-refractivity contribution in [2.24, 2.45) is 0 Å². The van der Waals surface area contributed by atoms with Gasteiger partial charge in [0.05, 0.1) is 17.4 Å². The number of fused-ring (bicyclic) bond motifs is 2. The number of nitrogens with zero attached hydrogens (tertiary/aromatic N) is 1. The quantitative estimate of drug-likeness (QED) is 0.696. The van der Waals surface area contributed by atoms with Crippen LogP contribution in [-0.2, 0) is 13.0 Å². The maximum Gasteiger partial charge on any atom is 0.0931 e. The molecule has 3 nitrogen and oxygen atoms in total. The summed E-state index contributed by atoms with van der Waals surface area (Å²) in [4.78, 5) is 7.46. The molecule has 0 fully saturated rings. The first-order valence-corrected chi connectivity index (χ1v) is 6.67. The summed E-state index contributed by atoms with van der Waals surface area (Å²) >= 11 is 0. The van der Waals surface area contributed by atoms with E-state index >= 15 is 0 Å². The molecule has 0 saturated heterocycles. The average Bonchev–Trinajstić information content (AvgIpc) is 2.94. The zero-order valence-electron chi connectivity index (χ0n) is 10.6. The number of imidazole rings is 1. The van der Waals surface area contributed by atoms with Crippen LogP contribution in [0.4, 0.5) is 0 Å². The van der Waals surface area contributed by atoms with Gasteiger partial charge in [0.2, 0.25) is 0 Å². The van der Waals surface area contributed by atoms with Crippen LogP contribution in [-0.4, -0.2) is 16.5 Å². The molecule has 0 radical (unpaired) electrons. The second-order valence-electron chi connectivity index (χ2n) is 5.00. The summed E-state index contributed by atoms with van der Waals surface area (Å²) in [6, 6.07) is 13.0.